The first-order chi connectivity index (χ1) is 15.7. The molecule has 0 atom stereocenters. The van der Waals surface area contributed by atoms with Crippen molar-refractivity contribution in [2.75, 3.05) is 19.5 Å². The van der Waals surface area contributed by atoms with Crippen molar-refractivity contribution in [1.82, 2.24) is 9.99 Å². The highest BCUT2D eigenvalue weighted by Gasteiger charge is 2.17. The number of methoxy groups -OCH3 is 2. The van der Waals surface area contributed by atoms with E-state index in [1.807, 2.05) is 24.5 Å². The van der Waals surface area contributed by atoms with Crippen molar-refractivity contribution in [3.63, 3.8) is 0 Å². The molecule has 2 N–H and O–H groups in total. The molecule has 3 rings (SSSR count). The summed E-state index contributed by atoms with van der Waals surface area (Å²) >= 11 is 12.5. The molecular formula is C23H22Cl2N4O4. The number of amides is 2. The van der Waals surface area contributed by atoms with Crippen molar-refractivity contribution in [2.45, 2.75) is 13.8 Å². The Morgan fingerprint density at radius 1 is 1.00 bits per heavy atom. The summed E-state index contributed by atoms with van der Waals surface area (Å²) in [7, 11) is 2.95. The fourth-order valence-electron chi connectivity index (χ4n) is 3.25. The van der Waals surface area contributed by atoms with Crippen LogP contribution in [0.2, 0.25) is 10.0 Å². The second-order valence-electron chi connectivity index (χ2n) is 6.98. The van der Waals surface area contributed by atoms with Crippen molar-refractivity contribution in [3.8, 4) is 17.2 Å². The summed E-state index contributed by atoms with van der Waals surface area (Å²) in [6, 6.07) is 11.9. The molecule has 0 aliphatic carbocycles. The van der Waals surface area contributed by atoms with Crippen LogP contribution in [0.4, 0.5) is 5.69 Å². The van der Waals surface area contributed by atoms with Crippen molar-refractivity contribution in [1.29, 1.82) is 0 Å². The summed E-state index contributed by atoms with van der Waals surface area (Å²) in [5.41, 5.74) is 5.71. The SMILES string of the molecule is COc1ccc(OC)c(NC(=O)C(=O)N/N=C\c2cc(C)n(-c3cc(Cl)ccc3Cl)c2C)c1. The minimum absolute atomic E-state index is 0.294. The summed E-state index contributed by atoms with van der Waals surface area (Å²) in [4.78, 5) is 24.5. The Morgan fingerprint density at radius 3 is 2.45 bits per heavy atom. The Kier molecular flexibility index (Phi) is 7.63. The molecule has 2 amide bonds. The molecule has 33 heavy (non-hydrogen) atoms. The van der Waals surface area contributed by atoms with Crippen LogP contribution in [0.3, 0.4) is 0 Å². The molecule has 172 valence electrons. The number of hydrogen-bond acceptors (Lipinski definition) is 5. The predicted molar refractivity (Wildman–Crippen MR) is 129 cm³/mol. The molecule has 0 aliphatic rings. The first-order valence-corrected chi connectivity index (χ1v) is 10.5. The van der Waals surface area contributed by atoms with E-state index in [-0.39, 0.29) is 0 Å². The second-order valence-corrected chi connectivity index (χ2v) is 7.82. The maximum Gasteiger partial charge on any atom is 0.329 e. The minimum atomic E-state index is -0.942. The van der Waals surface area contributed by atoms with Crippen molar-refractivity contribution in [2.24, 2.45) is 5.10 Å². The molecule has 0 unspecified atom stereocenters. The molecule has 2 aromatic carbocycles. The summed E-state index contributed by atoms with van der Waals surface area (Å²) < 4.78 is 12.3. The molecular weight excluding hydrogens is 467 g/mol. The molecule has 3 aromatic rings. The number of hydrogen-bond donors (Lipinski definition) is 2. The van der Waals surface area contributed by atoms with Gasteiger partial charge >= 0.3 is 11.8 Å². The van der Waals surface area contributed by atoms with Crippen LogP contribution in [0.1, 0.15) is 17.0 Å². The van der Waals surface area contributed by atoms with Crippen molar-refractivity contribution >= 4 is 46.9 Å². The monoisotopic (exact) mass is 488 g/mol. The summed E-state index contributed by atoms with van der Waals surface area (Å²) in [6.45, 7) is 3.80. The molecule has 0 spiro atoms. The third-order valence-corrected chi connectivity index (χ3v) is 5.40. The van der Waals surface area contributed by atoms with Crippen LogP contribution < -0.4 is 20.2 Å². The molecule has 0 aliphatic heterocycles. The zero-order valence-corrected chi connectivity index (χ0v) is 19.9. The van der Waals surface area contributed by atoms with Crippen molar-refractivity contribution < 1.29 is 19.1 Å². The smallest absolute Gasteiger partial charge is 0.329 e. The average molecular weight is 489 g/mol. The Hall–Kier alpha value is -3.49. The van der Waals surface area contributed by atoms with E-state index < -0.39 is 11.8 Å². The number of nitrogens with one attached hydrogen (secondary N) is 2. The third-order valence-electron chi connectivity index (χ3n) is 4.85. The number of nitrogens with zero attached hydrogens (tertiary/aromatic N) is 2. The maximum absolute atomic E-state index is 12.3. The van der Waals surface area contributed by atoms with E-state index in [0.29, 0.717) is 27.2 Å². The number of halogens is 2. The largest absolute Gasteiger partial charge is 0.497 e. The van der Waals surface area contributed by atoms with Crippen LogP contribution in [0, 0.1) is 13.8 Å². The fraction of sp³-hybridized carbons (Fsp3) is 0.174. The first kappa shape index (κ1) is 24.2. The van der Waals surface area contributed by atoms with Crippen LogP contribution in [0.15, 0.2) is 47.6 Å². The molecule has 1 aromatic heterocycles. The van der Waals surface area contributed by atoms with E-state index in [2.05, 4.69) is 15.8 Å². The number of hydrazone groups is 1. The quantitative estimate of drug-likeness (QED) is 0.303. The number of aryl methyl sites for hydroxylation is 1. The molecule has 0 saturated carbocycles. The van der Waals surface area contributed by atoms with Crippen LogP contribution in [-0.4, -0.2) is 36.8 Å². The summed E-state index contributed by atoms with van der Waals surface area (Å²) in [5, 5.41) is 7.50. The highest BCUT2D eigenvalue weighted by molar-refractivity contribution is 6.39. The van der Waals surface area contributed by atoms with Crippen molar-refractivity contribution in [3.05, 3.63) is 69.5 Å². The Bertz CT molecular complexity index is 1240. The molecule has 8 nitrogen and oxygen atoms in total. The first-order valence-electron chi connectivity index (χ1n) is 9.76. The lowest BCUT2D eigenvalue weighted by molar-refractivity contribution is -0.136. The standard InChI is InChI=1S/C23H22Cl2N4O4/c1-13-9-15(14(2)29(13)20-10-16(24)5-7-18(20)25)12-26-28-23(31)22(30)27-19-11-17(32-3)6-8-21(19)33-4/h5-12H,1-4H3,(H,27,30)(H,28,31)/b26-12-. The lowest BCUT2D eigenvalue weighted by atomic mass is 10.2. The van der Waals surface area contributed by atoms with Gasteiger partial charge in [-0.3, -0.25) is 9.59 Å². The van der Waals surface area contributed by atoms with Crippen LogP contribution in [-0.2, 0) is 9.59 Å². The van der Waals surface area contributed by atoms with Gasteiger partial charge in [-0.1, -0.05) is 23.2 Å². The normalized spacial score (nSPS) is 10.8. The fourth-order valence-corrected chi connectivity index (χ4v) is 3.62. The van der Waals surface area contributed by atoms with E-state index in [0.717, 1.165) is 22.6 Å². The number of aromatic nitrogens is 1. The lowest BCUT2D eigenvalue weighted by Crippen LogP contribution is -2.32. The van der Waals surface area contributed by atoms with Crippen LogP contribution in [0.25, 0.3) is 5.69 Å². The topological polar surface area (TPSA) is 93.9 Å². The molecule has 0 radical (unpaired) electrons. The number of carbonyl (C=O) groups is 2. The van der Waals surface area contributed by atoms with E-state index in [9.17, 15) is 9.59 Å². The van der Waals surface area contributed by atoms with Gasteiger partial charge in [0.05, 0.1) is 36.8 Å². The summed E-state index contributed by atoms with van der Waals surface area (Å²) in [5.74, 6) is -0.968. The number of carbonyl (C=O) groups excluding carboxylic acids is 2. The maximum atomic E-state index is 12.3. The van der Waals surface area contributed by atoms with Gasteiger partial charge in [-0.05, 0) is 50.2 Å². The van der Waals surface area contributed by atoms with Crippen LogP contribution >= 0.6 is 23.2 Å². The van der Waals surface area contributed by atoms with Gasteiger partial charge < -0.3 is 19.4 Å². The molecule has 1 heterocycles. The predicted octanol–water partition coefficient (Wildman–Crippen LogP) is 4.51. The Morgan fingerprint density at radius 2 is 1.76 bits per heavy atom. The third kappa shape index (κ3) is 5.47. The molecule has 0 fully saturated rings. The zero-order valence-electron chi connectivity index (χ0n) is 18.4. The van der Waals surface area contributed by atoms with Gasteiger partial charge in [0, 0.05) is 28.0 Å². The van der Waals surface area contributed by atoms with Gasteiger partial charge in [-0.15, -0.1) is 0 Å². The second kappa shape index (κ2) is 10.4. The minimum Gasteiger partial charge on any atom is -0.497 e. The lowest BCUT2D eigenvalue weighted by Gasteiger charge is -2.12. The van der Waals surface area contributed by atoms with Gasteiger partial charge in [-0.2, -0.15) is 5.10 Å². The Balaban J connectivity index is 1.72. The van der Waals surface area contributed by atoms with Gasteiger partial charge in [0.2, 0.25) is 0 Å². The van der Waals surface area contributed by atoms with Gasteiger partial charge in [-0.25, -0.2) is 5.43 Å². The number of rotatable bonds is 6. The highest BCUT2D eigenvalue weighted by atomic mass is 35.5. The van der Waals surface area contributed by atoms with E-state index in [1.165, 1.54) is 20.4 Å². The summed E-state index contributed by atoms with van der Waals surface area (Å²) in [6.07, 6.45) is 1.45. The molecule has 0 bridgehead atoms. The highest BCUT2D eigenvalue weighted by Crippen LogP contribution is 2.29. The molecule has 10 heteroatoms. The van der Waals surface area contributed by atoms with E-state index in [4.69, 9.17) is 32.7 Å². The number of anilines is 1. The van der Waals surface area contributed by atoms with Gasteiger partial charge in [0.15, 0.2) is 0 Å². The van der Waals surface area contributed by atoms with Gasteiger partial charge in [0.1, 0.15) is 11.5 Å². The van der Waals surface area contributed by atoms with E-state index in [1.54, 1.807) is 36.4 Å². The molecule has 0 saturated heterocycles. The van der Waals surface area contributed by atoms with E-state index >= 15 is 0 Å². The average Bonchev–Trinajstić information content (AvgIpc) is 3.08. The van der Waals surface area contributed by atoms with Crippen LogP contribution in [0.5, 0.6) is 11.5 Å². The van der Waals surface area contributed by atoms with Gasteiger partial charge in [0.25, 0.3) is 0 Å². The number of ether oxygens (including phenoxy) is 2. The number of benzene rings is 2. The zero-order chi connectivity index (χ0) is 24.1. The Labute approximate surface area is 201 Å².